The first-order chi connectivity index (χ1) is 13.9. The van der Waals surface area contributed by atoms with Crippen LogP contribution < -0.4 is 10.7 Å². The number of benzene rings is 1. The first-order valence-corrected chi connectivity index (χ1v) is 9.93. The molecule has 1 fully saturated rings. The van der Waals surface area contributed by atoms with Gasteiger partial charge in [0.05, 0.1) is 12.0 Å². The molecule has 0 aliphatic carbocycles. The number of hydrazone groups is 1. The molecule has 0 atom stereocenters. The largest absolute Gasteiger partial charge is 0.376 e. The third kappa shape index (κ3) is 5.41. The van der Waals surface area contributed by atoms with Crippen molar-refractivity contribution in [3.05, 3.63) is 35.4 Å². The molecule has 0 radical (unpaired) electrons. The van der Waals surface area contributed by atoms with E-state index in [-0.39, 0.29) is 24.1 Å². The summed E-state index contributed by atoms with van der Waals surface area (Å²) >= 11 is 0. The van der Waals surface area contributed by atoms with Gasteiger partial charge in [0.15, 0.2) is 0 Å². The summed E-state index contributed by atoms with van der Waals surface area (Å²) in [4.78, 5) is 37.9. The van der Waals surface area contributed by atoms with Gasteiger partial charge in [-0.25, -0.2) is 5.43 Å². The summed E-state index contributed by atoms with van der Waals surface area (Å²) < 4.78 is 5.75. The van der Waals surface area contributed by atoms with E-state index in [0.29, 0.717) is 51.0 Å². The minimum Gasteiger partial charge on any atom is -0.376 e. The summed E-state index contributed by atoms with van der Waals surface area (Å²) in [6.07, 6.45) is 2.23. The third-order valence-corrected chi connectivity index (χ3v) is 5.60. The molecule has 8 heteroatoms. The summed E-state index contributed by atoms with van der Waals surface area (Å²) in [7, 11) is 1.64. The van der Waals surface area contributed by atoms with Crippen LogP contribution in [-0.2, 0) is 25.5 Å². The zero-order valence-electron chi connectivity index (χ0n) is 17.0. The average molecular weight is 400 g/mol. The molecule has 2 heterocycles. The first kappa shape index (κ1) is 21.0. The Labute approximate surface area is 170 Å². The lowest BCUT2D eigenvalue weighted by atomic mass is 9.90. The summed E-state index contributed by atoms with van der Waals surface area (Å²) in [6, 6.07) is 7.90. The van der Waals surface area contributed by atoms with Crippen LogP contribution in [0.1, 0.15) is 36.8 Å². The molecule has 3 rings (SSSR count). The molecular formula is C21H28N4O4. The van der Waals surface area contributed by atoms with Crippen LogP contribution in [0.15, 0.2) is 29.4 Å². The van der Waals surface area contributed by atoms with Crippen LogP contribution in [0, 0.1) is 6.92 Å². The van der Waals surface area contributed by atoms with E-state index in [2.05, 4.69) is 15.8 Å². The van der Waals surface area contributed by atoms with E-state index in [1.54, 1.807) is 12.0 Å². The quantitative estimate of drug-likeness (QED) is 0.742. The van der Waals surface area contributed by atoms with E-state index in [4.69, 9.17) is 4.74 Å². The lowest BCUT2D eigenvalue weighted by molar-refractivity contribution is -0.131. The van der Waals surface area contributed by atoms with Gasteiger partial charge in [0, 0.05) is 39.6 Å². The number of piperidine rings is 1. The Morgan fingerprint density at radius 2 is 2.03 bits per heavy atom. The lowest BCUT2D eigenvalue weighted by Gasteiger charge is -2.41. The Morgan fingerprint density at radius 1 is 1.28 bits per heavy atom. The number of nitrogens with one attached hydrogen (secondary N) is 2. The SMILES string of the molecule is COC1(CNC(=O)Cc2cccc(C)c2)CCN(C(=O)C2=NNC(=O)CC2)CC1. The molecule has 29 heavy (non-hydrogen) atoms. The highest BCUT2D eigenvalue weighted by molar-refractivity contribution is 6.39. The molecule has 0 saturated carbocycles. The minimum absolute atomic E-state index is 0.0437. The number of nitrogens with zero attached hydrogens (tertiary/aromatic N) is 2. The molecule has 1 aromatic carbocycles. The lowest BCUT2D eigenvalue weighted by Crippen LogP contribution is -2.54. The number of amides is 3. The topological polar surface area (TPSA) is 100 Å². The Bertz CT molecular complexity index is 813. The number of hydrogen-bond donors (Lipinski definition) is 2. The molecule has 0 unspecified atom stereocenters. The smallest absolute Gasteiger partial charge is 0.270 e. The van der Waals surface area contributed by atoms with Crippen molar-refractivity contribution in [2.75, 3.05) is 26.7 Å². The predicted molar refractivity (Wildman–Crippen MR) is 108 cm³/mol. The number of methoxy groups -OCH3 is 1. The number of likely N-dealkylation sites (tertiary alicyclic amines) is 1. The van der Waals surface area contributed by atoms with Crippen LogP contribution >= 0.6 is 0 Å². The van der Waals surface area contributed by atoms with Crippen molar-refractivity contribution >= 4 is 23.4 Å². The number of carbonyl (C=O) groups excluding carboxylic acids is 3. The number of rotatable bonds is 6. The van der Waals surface area contributed by atoms with Gasteiger partial charge in [-0.05, 0) is 25.3 Å². The molecule has 1 saturated heterocycles. The van der Waals surface area contributed by atoms with Crippen molar-refractivity contribution in [3.8, 4) is 0 Å². The summed E-state index contributed by atoms with van der Waals surface area (Å²) in [5.41, 5.74) is 4.38. The Morgan fingerprint density at radius 3 is 2.66 bits per heavy atom. The maximum absolute atomic E-state index is 12.6. The van der Waals surface area contributed by atoms with E-state index < -0.39 is 5.60 Å². The van der Waals surface area contributed by atoms with Crippen molar-refractivity contribution in [1.82, 2.24) is 15.6 Å². The van der Waals surface area contributed by atoms with Crippen LogP contribution in [0.5, 0.6) is 0 Å². The molecule has 2 N–H and O–H groups in total. The Hall–Kier alpha value is -2.74. The van der Waals surface area contributed by atoms with Gasteiger partial charge in [0.25, 0.3) is 5.91 Å². The number of carbonyl (C=O) groups is 3. The number of hydrogen-bond acceptors (Lipinski definition) is 5. The van der Waals surface area contributed by atoms with Crippen molar-refractivity contribution in [2.24, 2.45) is 5.10 Å². The van der Waals surface area contributed by atoms with Gasteiger partial charge < -0.3 is 15.0 Å². The van der Waals surface area contributed by atoms with Crippen molar-refractivity contribution < 1.29 is 19.1 Å². The van der Waals surface area contributed by atoms with Crippen molar-refractivity contribution in [1.29, 1.82) is 0 Å². The first-order valence-electron chi connectivity index (χ1n) is 9.93. The van der Waals surface area contributed by atoms with Crippen molar-refractivity contribution in [3.63, 3.8) is 0 Å². The van der Waals surface area contributed by atoms with Gasteiger partial charge in [-0.2, -0.15) is 5.10 Å². The normalized spacial score (nSPS) is 18.6. The molecule has 1 aromatic rings. The molecule has 156 valence electrons. The molecule has 3 amide bonds. The molecule has 8 nitrogen and oxygen atoms in total. The van der Waals surface area contributed by atoms with Crippen LogP contribution in [0.4, 0.5) is 0 Å². The summed E-state index contributed by atoms with van der Waals surface area (Å²) in [6.45, 7) is 3.46. The van der Waals surface area contributed by atoms with Crippen LogP contribution in [0.2, 0.25) is 0 Å². The summed E-state index contributed by atoms with van der Waals surface area (Å²) in [5, 5.41) is 6.87. The van der Waals surface area contributed by atoms with E-state index in [0.717, 1.165) is 11.1 Å². The van der Waals surface area contributed by atoms with Gasteiger partial charge in [-0.1, -0.05) is 29.8 Å². The zero-order chi connectivity index (χ0) is 20.9. The fourth-order valence-corrected chi connectivity index (χ4v) is 3.71. The van der Waals surface area contributed by atoms with Crippen molar-refractivity contribution in [2.45, 2.75) is 44.6 Å². The molecule has 0 aromatic heterocycles. The second kappa shape index (κ2) is 9.17. The molecule has 2 aliphatic heterocycles. The average Bonchev–Trinajstić information content (AvgIpc) is 2.73. The van der Waals surface area contributed by atoms with Crippen LogP contribution in [0.25, 0.3) is 0 Å². The monoisotopic (exact) mass is 400 g/mol. The molecule has 0 bridgehead atoms. The zero-order valence-corrected chi connectivity index (χ0v) is 17.0. The molecule has 2 aliphatic rings. The van der Waals surface area contributed by atoms with Crippen LogP contribution in [0.3, 0.4) is 0 Å². The maximum atomic E-state index is 12.6. The Balaban J connectivity index is 1.50. The third-order valence-electron chi connectivity index (χ3n) is 5.60. The summed E-state index contributed by atoms with van der Waals surface area (Å²) in [5.74, 6) is -0.351. The van der Waals surface area contributed by atoms with Gasteiger partial charge in [0.1, 0.15) is 5.71 Å². The second-order valence-electron chi connectivity index (χ2n) is 7.72. The molecule has 0 spiro atoms. The maximum Gasteiger partial charge on any atom is 0.270 e. The highest BCUT2D eigenvalue weighted by Crippen LogP contribution is 2.26. The van der Waals surface area contributed by atoms with Gasteiger partial charge in [-0.3, -0.25) is 14.4 Å². The van der Waals surface area contributed by atoms with Crippen LogP contribution in [-0.4, -0.2) is 60.7 Å². The fraction of sp³-hybridized carbons (Fsp3) is 0.524. The van der Waals surface area contributed by atoms with E-state index in [9.17, 15) is 14.4 Å². The van der Waals surface area contributed by atoms with Gasteiger partial charge in [0.2, 0.25) is 11.8 Å². The predicted octanol–water partition coefficient (Wildman–Crippen LogP) is 0.927. The fourth-order valence-electron chi connectivity index (χ4n) is 3.71. The standard InChI is InChI=1S/C21H28N4O4/c1-15-4-3-5-16(12-15)13-19(27)22-14-21(29-2)8-10-25(11-9-21)20(28)17-6-7-18(26)24-23-17/h3-5,12H,6-11,13-14H2,1-2H3,(H,22,27)(H,24,26). The second-order valence-corrected chi connectivity index (χ2v) is 7.72. The highest BCUT2D eigenvalue weighted by atomic mass is 16.5. The van der Waals surface area contributed by atoms with Gasteiger partial charge >= 0.3 is 0 Å². The van der Waals surface area contributed by atoms with E-state index >= 15 is 0 Å². The van der Waals surface area contributed by atoms with E-state index in [1.165, 1.54) is 0 Å². The number of ether oxygens (including phenoxy) is 1. The van der Waals surface area contributed by atoms with Gasteiger partial charge in [-0.15, -0.1) is 0 Å². The highest BCUT2D eigenvalue weighted by Gasteiger charge is 2.37. The minimum atomic E-state index is -0.484. The number of aryl methyl sites for hydroxylation is 1. The molecular weight excluding hydrogens is 372 g/mol. The van der Waals surface area contributed by atoms with E-state index in [1.807, 2.05) is 31.2 Å². The Kier molecular flexibility index (Phi) is 6.64.